The van der Waals surface area contributed by atoms with Crippen molar-refractivity contribution in [2.24, 2.45) is 0 Å². The van der Waals surface area contributed by atoms with Gasteiger partial charge in [-0.1, -0.05) is 39.0 Å². The first-order valence-corrected chi connectivity index (χ1v) is 12.1. The van der Waals surface area contributed by atoms with E-state index in [0.717, 1.165) is 4.88 Å². The van der Waals surface area contributed by atoms with E-state index in [-0.39, 0.29) is 35.5 Å². The topological polar surface area (TPSA) is 63.7 Å². The van der Waals surface area contributed by atoms with Crippen molar-refractivity contribution in [3.8, 4) is 5.75 Å². The van der Waals surface area contributed by atoms with Crippen LogP contribution in [0.1, 0.15) is 37.6 Å². The van der Waals surface area contributed by atoms with Crippen LogP contribution in [-0.2, 0) is 26.6 Å². The molecule has 2 aromatic rings. The summed E-state index contributed by atoms with van der Waals surface area (Å²) in [4.78, 5) is 15.6. The molecule has 152 valence electrons. The molecule has 0 aliphatic carbocycles. The summed E-state index contributed by atoms with van der Waals surface area (Å²) in [6.07, 6.45) is 0.486. The van der Waals surface area contributed by atoms with E-state index in [1.807, 2.05) is 41.8 Å². The van der Waals surface area contributed by atoms with Crippen LogP contribution in [0.3, 0.4) is 0 Å². The summed E-state index contributed by atoms with van der Waals surface area (Å²) in [7, 11) is -3.07. The zero-order valence-corrected chi connectivity index (χ0v) is 18.2. The third kappa shape index (κ3) is 5.35. The summed E-state index contributed by atoms with van der Waals surface area (Å²) in [5, 5.41) is 1.96. The molecule has 1 aromatic heterocycles. The smallest absolute Gasteiger partial charge is 0.261 e. The molecule has 0 spiro atoms. The maximum absolute atomic E-state index is 12.9. The summed E-state index contributed by atoms with van der Waals surface area (Å²) >= 11 is 1.56. The molecule has 1 fully saturated rings. The molecule has 1 amide bonds. The fraction of sp³-hybridized carbons (Fsp3) is 0.476. The number of sulfone groups is 1. The van der Waals surface area contributed by atoms with Gasteiger partial charge in [0.25, 0.3) is 5.91 Å². The number of carbonyl (C=O) groups excluding carboxylic acids is 1. The average molecular weight is 422 g/mol. The Hall–Kier alpha value is -1.86. The lowest BCUT2D eigenvalue weighted by Gasteiger charge is -2.28. The first-order chi connectivity index (χ1) is 13.1. The van der Waals surface area contributed by atoms with Gasteiger partial charge >= 0.3 is 0 Å². The maximum Gasteiger partial charge on any atom is 0.261 e. The first-order valence-electron chi connectivity index (χ1n) is 9.40. The lowest BCUT2D eigenvalue weighted by Crippen LogP contribution is -2.42. The molecule has 5 nitrogen and oxygen atoms in total. The average Bonchev–Trinajstić information content (AvgIpc) is 3.26. The van der Waals surface area contributed by atoms with Crippen LogP contribution >= 0.6 is 11.3 Å². The van der Waals surface area contributed by atoms with Crippen LogP contribution in [0.5, 0.6) is 5.75 Å². The lowest BCUT2D eigenvalue weighted by atomic mass is 9.87. The van der Waals surface area contributed by atoms with Gasteiger partial charge in [0.1, 0.15) is 5.75 Å². The molecule has 28 heavy (non-hydrogen) atoms. The molecule has 1 aromatic carbocycles. The number of ether oxygens (including phenoxy) is 1. The predicted molar refractivity (Wildman–Crippen MR) is 113 cm³/mol. The second-order valence-corrected chi connectivity index (χ2v) is 11.5. The van der Waals surface area contributed by atoms with Crippen molar-refractivity contribution in [3.63, 3.8) is 0 Å². The Labute approximate surface area is 171 Å². The molecule has 0 bridgehead atoms. The van der Waals surface area contributed by atoms with Gasteiger partial charge in [-0.15, -0.1) is 11.3 Å². The van der Waals surface area contributed by atoms with Crippen LogP contribution in [0.4, 0.5) is 0 Å². The SMILES string of the molecule is CC(C)(C)c1ccc(OCC(=O)N(Cc2cccs2)[C@H]2CCS(=O)(=O)C2)cc1. The van der Waals surface area contributed by atoms with Crippen molar-refractivity contribution in [1.82, 2.24) is 4.90 Å². The van der Waals surface area contributed by atoms with Crippen molar-refractivity contribution in [2.75, 3.05) is 18.1 Å². The van der Waals surface area contributed by atoms with E-state index in [1.54, 1.807) is 16.2 Å². The Morgan fingerprint density at radius 2 is 1.93 bits per heavy atom. The van der Waals surface area contributed by atoms with Gasteiger partial charge in [-0.05, 0) is 41.0 Å². The van der Waals surface area contributed by atoms with Gasteiger partial charge in [0.2, 0.25) is 0 Å². The van der Waals surface area contributed by atoms with Crippen LogP contribution < -0.4 is 4.74 Å². The summed E-state index contributed by atoms with van der Waals surface area (Å²) in [6.45, 7) is 6.75. The molecule has 0 radical (unpaired) electrons. The highest BCUT2D eigenvalue weighted by atomic mass is 32.2. The second kappa shape index (κ2) is 8.25. The lowest BCUT2D eigenvalue weighted by molar-refractivity contribution is -0.135. The molecular weight excluding hydrogens is 394 g/mol. The molecule has 1 saturated heterocycles. The number of rotatable bonds is 6. The van der Waals surface area contributed by atoms with Crippen molar-refractivity contribution in [3.05, 3.63) is 52.2 Å². The fourth-order valence-corrected chi connectivity index (χ4v) is 5.73. The fourth-order valence-electron chi connectivity index (χ4n) is 3.29. The van der Waals surface area contributed by atoms with Crippen molar-refractivity contribution in [2.45, 2.75) is 45.2 Å². The minimum absolute atomic E-state index is 0.0321. The number of nitrogens with zero attached hydrogens (tertiary/aromatic N) is 1. The van der Waals surface area contributed by atoms with Crippen LogP contribution in [0, 0.1) is 0 Å². The van der Waals surface area contributed by atoms with Gasteiger partial charge in [0.05, 0.1) is 18.1 Å². The van der Waals surface area contributed by atoms with Gasteiger partial charge in [-0.2, -0.15) is 0 Å². The quantitative estimate of drug-likeness (QED) is 0.714. The molecule has 7 heteroatoms. The van der Waals surface area contributed by atoms with Crippen molar-refractivity contribution < 1.29 is 17.9 Å². The summed E-state index contributed by atoms with van der Waals surface area (Å²) < 4.78 is 29.5. The Morgan fingerprint density at radius 1 is 1.21 bits per heavy atom. The van der Waals surface area contributed by atoms with Crippen molar-refractivity contribution in [1.29, 1.82) is 0 Å². The normalized spacial score (nSPS) is 18.8. The van der Waals surface area contributed by atoms with Gasteiger partial charge in [-0.25, -0.2) is 8.42 Å². The van der Waals surface area contributed by atoms with E-state index >= 15 is 0 Å². The van der Waals surface area contributed by atoms with Crippen LogP contribution in [-0.4, -0.2) is 43.4 Å². The molecule has 0 unspecified atom stereocenters. The van der Waals surface area contributed by atoms with E-state index in [2.05, 4.69) is 20.8 Å². The number of benzene rings is 1. The minimum Gasteiger partial charge on any atom is -0.484 e. The number of hydrogen-bond acceptors (Lipinski definition) is 5. The van der Waals surface area contributed by atoms with Gasteiger partial charge in [-0.3, -0.25) is 4.79 Å². The number of thiophene rings is 1. The largest absolute Gasteiger partial charge is 0.484 e. The Bertz CT molecular complexity index is 897. The Morgan fingerprint density at radius 3 is 2.46 bits per heavy atom. The molecule has 0 N–H and O–H groups in total. The van der Waals surface area contributed by atoms with E-state index < -0.39 is 9.84 Å². The van der Waals surface area contributed by atoms with E-state index in [4.69, 9.17) is 4.74 Å². The molecule has 0 saturated carbocycles. The predicted octanol–water partition coefficient (Wildman–Crippen LogP) is 3.64. The molecule has 1 aliphatic heterocycles. The summed E-state index contributed by atoms with van der Waals surface area (Å²) in [5.41, 5.74) is 1.25. The van der Waals surface area contributed by atoms with Gasteiger partial charge in [0.15, 0.2) is 16.4 Å². The zero-order valence-electron chi connectivity index (χ0n) is 16.6. The van der Waals surface area contributed by atoms with Crippen LogP contribution in [0.2, 0.25) is 0 Å². The summed E-state index contributed by atoms with van der Waals surface area (Å²) in [6, 6.07) is 11.4. The maximum atomic E-state index is 12.9. The zero-order chi connectivity index (χ0) is 20.4. The third-order valence-corrected chi connectivity index (χ3v) is 7.57. The number of hydrogen-bond donors (Lipinski definition) is 0. The standard InChI is InChI=1S/C21H27NO4S2/c1-21(2,3)16-6-8-18(9-7-16)26-14-20(23)22(13-19-5-4-11-27-19)17-10-12-28(24,25)15-17/h4-9,11,17H,10,12-15H2,1-3H3/t17-/m0/s1. The molecule has 1 atom stereocenters. The Kier molecular flexibility index (Phi) is 6.15. The Balaban J connectivity index is 1.67. The monoisotopic (exact) mass is 421 g/mol. The van der Waals surface area contributed by atoms with E-state index in [9.17, 15) is 13.2 Å². The summed E-state index contributed by atoms with van der Waals surface area (Å²) in [5.74, 6) is 0.623. The molecule has 3 rings (SSSR count). The second-order valence-electron chi connectivity index (χ2n) is 8.22. The molecule has 2 heterocycles. The van der Waals surface area contributed by atoms with Crippen molar-refractivity contribution >= 4 is 27.1 Å². The minimum atomic E-state index is -3.07. The molecule has 1 aliphatic rings. The number of carbonyl (C=O) groups is 1. The molecular formula is C21H27NO4S2. The van der Waals surface area contributed by atoms with Gasteiger partial charge < -0.3 is 9.64 Å². The van der Waals surface area contributed by atoms with E-state index in [1.165, 1.54) is 5.56 Å². The third-order valence-electron chi connectivity index (χ3n) is 4.96. The highest BCUT2D eigenvalue weighted by molar-refractivity contribution is 7.91. The first kappa shape index (κ1) is 20.9. The van der Waals surface area contributed by atoms with Crippen LogP contribution in [0.25, 0.3) is 0 Å². The van der Waals surface area contributed by atoms with Gasteiger partial charge in [0, 0.05) is 10.9 Å². The van der Waals surface area contributed by atoms with Crippen LogP contribution in [0.15, 0.2) is 41.8 Å². The highest BCUT2D eigenvalue weighted by Gasteiger charge is 2.35. The van der Waals surface area contributed by atoms with E-state index in [0.29, 0.717) is 18.7 Å². The number of amides is 1. The highest BCUT2D eigenvalue weighted by Crippen LogP contribution is 2.25.